The Bertz CT molecular complexity index is 862. The number of aromatic nitrogens is 2. The molecule has 25 heavy (non-hydrogen) atoms. The van der Waals surface area contributed by atoms with Crippen LogP contribution in [0.25, 0.3) is 10.2 Å². The fraction of sp³-hybridized carbons (Fsp3) is 0.389. The zero-order chi connectivity index (χ0) is 17.4. The molecule has 1 aliphatic heterocycles. The zero-order valence-corrected chi connectivity index (χ0v) is 15.1. The van der Waals surface area contributed by atoms with Gasteiger partial charge in [0, 0.05) is 32.2 Å². The van der Waals surface area contributed by atoms with Gasteiger partial charge in [-0.2, -0.15) is 0 Å². The van der Waals surface area contributed by atoms with Crippen LogP contribution in [0.4, 0.5) is 0 Å². The van der Waals surface area contributed by atoms with Crippen molar-refractivity contribution < 1.29 is 9.32 Å². The molecular weight excluding hydrogens is 336 g/mol. The number of amides is 1. The van der Waals surface area contributed by atoms with Crippen LogP contribution in [0.15, 0.2) is 34.9 Å². The largest absolute Gasteiger partial charge is 0.351 e. The minimum atomic E-state index is -0.0760. The van der Waals surface area contributed by atoms with E-state index in [1.165, 1.54) is 4.70 Å². The van der Waals surface area contributed by atoms with Crippen LogP contribution in [0, 0.1) is 6.92 Å². The molecule has 0 spiro atoms. The third kappa shape index (κ3) is 3.17. The molecule has 1 saturated heterocycles. The lowest BCUT2D eigenvalue weighted by Gasteiger charge is -2.36. The van der Waals surface area contributed by atoms with E-state index in [2.05, 4.69) is 29.1 Å². The Hall–Kier alpha value is -2.25. The highest BCUT2D eigenvalue weighted by Gasteiger charge is 2.28. The first kappa shape index (κ1) is 16.2. The summed E-state index contributed by atoms with van der Waals surface area (Å²) in [5, 5.41) is 4.93. The van der Waals surface area contributed by atoms with E-state index in [1.54, 1.807) is 17.4 Å². The summed E-state index contributed by atoms with van der Waals surface area (Å²) in [6.07, 6.45) is 0. The molecule has 0 bridgehead atoms. The van der Waals surface area contributed by atoms with Gasteiger partial charge in [0.15, 0.2) is 0 Å². The van der Waals surface area contributed by atoms with Gasteiger partial charge in [-0.15, -0.1) is 11.3 Å². The Morgan fingerprint density at radius 3 is 2.68 bits per heavy atom. The summed E-state index contributed by atoms with van der Waals surface area (Å²) in [6, 6.07) is 10.2. The van der Waals surface area contributed by atoms with Gasteiger partial charge in [-0.25, -0.2) is 4.98 Å². The van der Waals surface area contributed by atoms with Gasteiger partial charge in [0.1, 0.15) is 5.01 Å². The number of carbonyl (C=O) groups is 1. The second-order valence-electron chi connectivity index (χ2n) is 6.36. The Balaban J connectivity index is 1.41. The van der Waals surface area contributed by atoms with Crippen molar-refractivity contribution in [3.05, 3.63) is 46.8 Å². The normalized spacial score (nSPS) is 17.1. The number of fused-ring (bicyclic) bond motifs is 1. The predicted octanol–water partition coefficient (Wildman–Crippen LogP) is 3.11. The lowest BCUT2D eigenvalue weighted by molar-refractivity contribution is 0.0544. The maximum absolute atomic E-state index is 12.4. The van der Waals surface area contributed by atoms with Gasteiger partial charge < -0.3 is 9.42 Å². The van der Waals surface area contributed by atoms with Crippen molar-refractivity contribution in [1.29, 1.82) is 0 Å². The molecule has 3 heterocycles. The van der Waals surface area contributed by atoms with Crippen molar-refractivity contribution >= 4 is 27.5 Å². The molecule has 0 aliphatic carbocycles. The third-order valence-electron chi connectivity index (χ3n) is 4.66. The smallest absolute Gasteiger partial charge is 0.292 e. The van der Waals surface area contributed by atoms with Crippen molar-refractivity contribution in [2.45, 2.75) is 19.9 Å². The highest BCUT2D eigenvalue weighted by molar-refractivity contribution is 7.18. The van der Waals surface area contributed by atoms with Gasteiger partial charge in [-0.05, 0) is 26.0 Å². The summed E-state index contributed by atoms with van der Waals surface area (Å²) in [7, 11) is 0. The van der Waals surface area contributed by atoms with Gasteiger partial charge in [0.2, 0.25) is 5.76 Å². The van der Waals surface area contributed by atoms with Crippen molar-refractivity contribution in [3.8, 4) is 0 Å². The molecule has 1 aromatic carbocycles. The van der Waals surface area contributed by atoms with Crippen LogP contribution in [0.5, 0.6) is 0 Å². The molecule has 7 heteroatoms. The van der Waals surface area contributed by atoms with Crippen LogP contribution in [0.1, 0.15) is 34.2 Å². The average Bonchev–Trinajstić information content (AvgIpc) is 3.26. The van der Waals surface area contributed by atoms with E-state index in [9.17, 15) is 4.79 Å². The molecule has 0 saturated carbocycles. The number of thiazole rings is 1. The fourth-order valence-corrected chi connectivity index (χ4v) is 4.21. The Kier molecular flexibility index (Phi) is 4.27. The first-order valence-electron chi connectivity index (χ1n) is 8.44. The van der Waals surface area contributed by atoms with Crippen LogP contribution >= 0.6 is 11.3 Å². The number of hydrogen-bond donors (Lipinski definition) is 0. The molecular formula is C18H20N4O2S. The van der Waals surface area contributed by atoms with Gasteiger partial charge in [0.25, 0.3) is 5.91 Å². The topological polar surface area (TPSA) is 62.5 Å². The van der Waals surface area contributed by atoms with Gasteiger partial charge in [-0.3, -0.25) is 9.69 Å². The lowest BCUT2D eigenvalue weighted by Crippen LogP contribution is -2.49. The minimum Gasteiger partial charge on any atom is -0.351 e. The molecule has 1 atom stereocenters. The maximum Gasteiger partial charge on any atom is 0.292 e. The molecule has 2 aromatic heterocycles. The molecule has 0 radical (unpaired) electrons. The van der Waals surface area contributed by atoms with Crippen molar-refractivity contribution in [3.63, 3.8) is 0 Å². The SMILES string of the molecule is Cc1cc(C(=O)N2CCN([C@@H](C)c3nc4ccccc4s3)CC2)on1. The molecule has 1 amide bonds. The number of benzene rings is 1. The molecule has 0 N–H and O–H groups in total. The van der Waals surface area contributed by atoms with Gasteiger partial charge in [-0.1, -0.05) is 17.3 Å². The predicted molar refractivity (Wildman–Crippen MR) is 96.8 cm³/mol. The monoisotopic (exact) mass is 356 g/mol. The van der Waals surface area contributed by atoms with Crippen molar-refractivity contribution in [2.24, 2.45) is 0 Å². The average molecular weight is 356 g/mol. The Morgan fingerprint density at radius 2 is 2.00 bits per heavy atom. The van der Waals surface area contributed by atoms with Gasteiger partial charge in [0.05, 0.1) is 22.0 Å². The van der Waals surface area contributed by atoms with E-state index in [0.29, 0.717) is 18.8 Å². The first-order chi connectivity index (χ1) is 12.1. The van der Waals surface area contributed by atoms with Crippen LogP contribution in [0.3, 0.4) is 0 Å². The second kappa shape index (κ2) is 6.57. The minimum absolute atomic E-state index is 0.0760. The molecule has 4 rings (SSSR count). The molecule has 130 valence electrons. The summed E-state index contributed by atoms with van der Waals surface area (Å²) in [4.78, 5) is 21.4. The summed E-state index contributed by atoms with van der Waals surface area (Å²) in [5.74, 6) is 0.248. The molecule has 3 aromatic rings. The van der Waals surface area contributed by atoms with Gasteiger partial charge >= 0.3 is 0 Å². The number of para-hydroxylation sites is 1. The summed E-state index contributed by atoms with van der Waals surface area (Å²) in [5.41, 5.74) is 1.79. The highest BCUT2D eigenvalue weighted by Crippen LogP contribution is 2.30. The number of rotatable bonds is 3. The fourth-order valence-electron chi connectivity index (χ4n) is 3.16. The lowest BCUT2D eigenvalue weighted by atomic mass is 10.2. The number of aryl methyl sites for hydroxylation is 1. The van der Waals surface area contributed by atoms with Crippen LogP contribution in [-0.2, 0) is 0 Å². The molecule has 0 unspecified atom stereocenters. The van der Waals surface area contributed by atoms with Crippen LogP contribution in [0.2, 0.25) is 0 Å². The summed E-state index contributed by atoms with van der Waals surface area (Å²) in [6.45, 7) is 7.04. The first-order valence-corrected chi connectivity index (χ1v) is 9.25. The van der Waals surface area contributed by atoms with E-state index >= 15 is 0 Å². The summed E-state index contributed by atoms with van der Waals surface area (Å²) >= 11 is 1.75. The molecule has 1 aliphatic rings. The third-order valence-corrected chi connectivity index (χ3v) is 5.86. The number of carbonyl (C=O) groups excluding carboxylic acids is 1. The quantitative estimate of drug-likeness (QED) is 0.721. The van der Waals surface area contributed by atoms with E-state index < -0.39 is 0 Å². The van der Waals surface area contributed by atoms with E-state index in [1.807, 2.05) is 24.0 Å². The van der Waals surface area contributed by atoms with E-state index in [-0.39, 0.29) is 11.9 Å². The van der Waals surface area contributed by atoms with Crippen molar-refractivity contribution in [2.75, 3.05) is 26.2 Å². The van der Waals surface area contributed by atoms with E-state index in [4.69, 9.17) is 9.51 Å². The number of nitrogens with zero attached hydrogens (tertiary/aromatic N) is 4. The van der Waals surface area contributed by atoms with E-state index in [0.717, 1.165) is 29.3 Å². The second-order valence-corrected chi connectivity index (χ2v) is 7.42. The Morgan fingerprint density at radius 1 is 1.24 bits per heavy atom. The van der Waals surface area contributed by atoms with Crippen molar-refractivity contribution in [1.82, 2.24) is 19.9 Å². The summed E-state index contributed by atoms with van der Waals surface area (Å²) < 4.78 is 6.31. The number of hydrogen-bond acceptors (Lipinski definition) is 6. The maximum atomic E-state index is 12.4. The standard InChI is InChI=1S/C18H20N4O2S/c1-12-11-15(24-20-12)18(23)22-9-7-21(8-10-22)13(2)17-19-14-5-3-4-6-16(14)25-17/h3-6,11,13H,7-10H2,1-2H3/t13-/m0/s1. The zero-order valence-electron chi connectivity index (χ0n) is 14.3. The molecule has 6 nitrogen and oxygen atoms in total. The van der Waals surface area contributed by atoms with Crippen LogP contribution in [-0.4, -0.2) is 52.0 Å². The van der Waals surface area contributed by atoms with Crippen LogP contribution < -0.4 is 0 Å². The molecule has 1 fully saturated rings. The Labute approximate surface area is 150 Å². The highest BCUT2D eigenvalue weighted by atomic mass is 32.1. The number of piperazine rings is 1.